The molecule has 1 aromatic heterocycles. The molecule has 1 aliphatic heterocycles. The average Bonchev–Trinajstić information content (AvgIpc) is 2.58. The number of benzene rings is 1. The molecule has 0 radical (unpaired) electrons. The molecular weight excluding hydrogens is 298 g/mol. The molecule has 1 aliphatic rings. The van der Waals surface area contributed by atoms with Gasteiger partial charge in [-0.1, -0.05) is 0 Å². The molecule has 0 aliphatic carbocycles. The van der Waals surface area contributed by atoms with Gasteiger partial charge in [0.2, 0.25) is 6.10 Å². The van der Waals surface area contributed by atoms with Crippen molar-refractivity contribution in [1.82, 2.24) is 9.97 Å². The number of rotatable bonds is 4. The predicted molar refractivity (Wildman–Crippen MR) is 80.8 cm³/mol. The van der Waals surface area contributed by atoms with Gasteiger partial charge in [-0.15, -0.1) is 0 Å². The molecule has 0 unspecified atom stereocenters. The number of esters is 1. The lowest BCUT2D eigenvalue weighted by Crippen LogP contribution is -2.61. The van der Waals surface area contributed by atoms with Crippen LogP contribution in [0.25, 0.3) is 0 Å². The van der Waals surface area contributed by atoms with Gasteiger partial charge >= 0.3 is 5.97 Å². The van der Waals surface area contributed by atoms with Crippen LogP contribution in [0.5, 0.6) is 5.75 Å². The van der Waals surface area contributed by atoms with Gasteiger partial charge in [0.25, 0.3) is 5.91 Å². The fourth-order valence-electron chi connectivity index (χ4n) is 2.50. The second-order valence-electron chi connectivity index (χ2n) is 4.99. The number of hydrogen-bond donors (Lipinski definition) is 0. The first-order valence-corrected chi connectivity index (χ1v) is 7.03. The third-order valence-electron chi connectivity index (χ3n) is 3.54. The van der Waals surface area contributed by atoms with Crippen molar-refractivity contribution in [3.63, 3.8) is 0 Å². The van der Waals surface area contributed by atoms with Gasteiger partial charge < -0.3 is 9.47 Å². The SMILES string of the molecule is COc1ccc(N2C(=O)[C@H](OC(C)=O)[C@@H]2c2ncccn2)cc1. The van der Waals surface area contributed by atoms with Crippen molar-refractivity contribution in [3.8, 4) is 5.75 Å². The summed E-state index contributed by atoms with van der Waals surface area (Å²) >= 11 is 0. The van der Waals surface area contributed by atoms with Gasteiger partial charge in [0.05, 0.1) is 7.11 Å². The van der Waals surface area contributed by atoms with E-state index in [-0.39, 0.29) is 5.91 Å². The Bertz CT molecular complexity index is 718. The van der Waals surface area contributed by atoms with Crippen molar-refractivity contribution in [2.75, 3.05) is 12.0 Å². The molecule has 0 spiro atoms. The van der Waals surface area contributed by atoms with Crippen LogP contribution >= 0.6 is 0 Å². The summed E-state index contributed by atoms with van der Waals surface area (Å²) in [4.78, 5) is 33.5. The highest BCUT2D eigenvalue weighted by atomic mass is 16.6. The number of methoxy groups -OCH3 is 1. The summed E-state index contributed by atoms with van der Waals surface area (Å²) in [6, 6.07) is 8.17. The highest BCUT2D eigenvalue weighted by Gasteiger charge is 2.53. The minimum atomic E-state index is -0.906. The van der Waals surface area contributed by atoms with Crippen LogP contribution in [-0.4, -0.2) is 35.1 Å². The van der Waals surface area contributed by atoms with Crippen LogP contribution in [0.4, 0.5) is 5.69 Å². The maximum atomic E-state index is 12.4. The number of hydrogen-bond acceptors (Lipinski definition) is 6. The number of ether oxygens (including phenoxy) is 2. The van der Waals surface area contributed by atoms with E-state index in [9.17, 15) is 9.59 Å². The highest BCUT2D eigenvalue weighted by Crippen LogP contribution is 2.39. The molecule has 118 valence electrons. The summed E-state index contributed by atoms with van der Waals surface area (Å²) in [6.07, 6.45) is 2.27. The first-order valence-electron chi connectivity index (χ1n) is 7.03. The first-order chi connectivity index (χ1) is 11.1. The van der Waals surface area contributed by atoms with Crippen molar-refractivity contribution in [3.05, 3.63) is 48.5 Å². The van der Waals surface area contributed by atoms with Crippen LogP contribution in [0, 0.1) is 0 Å². The minimum Gasteiger partial charge on any atom is -0.497 e. The topological polar surface area (TPSA) is 81.6 Å². The number of anilines is 1. The quantitative estimate of drug-likeness (QED) is 0.628. The number of aromatic nitrogens is 2. The molecule has 2 atom stereocenters. The Morgan fingerprint density at radius 3 is 2.39 bits per heavy atom. The molecule has 23 heavy (non-hydrogen) atoms. The molecule has 0 saturated carbocycles. The molecule has 2 heterocycles. The standard InChI is InChI=1S/C16H15N3O4/c1-10(20)23-14-13(15-17-8-3-9-18-15)19(16(14)21)11-4-6-12(22-2)7-5-11/h3-9,13-14H,1-2H3/t13-,14-/m1/s1. The zero-order chi connectivity index (χ0) is 16.4. The lowest BCUT2D eigenvalue weighted by molar-refractivity contribution is -0.161. The fourth-order valence-corrected chi connectivity index (χ4v) is 2.50. The van der Waals surface area contributed by atoms with E-state index in [1.807, 2.05) is 0 Å². The van der Waals surface area contributed by atoms with E-state index in [1.54, 1.807) is 49.8 Å². The summed E-state index contributed by atoms with van der Waals surface area (Å²) in [5.41, 5.74) is 0.664. The van der Waals surface area contributed by atoms with Crippen molar-refractivity contribution in [1.29, 1.82) is 0 Å². The fraction of sp³-hybridized carbons (Fsp3) is 0.250. The molecule has 0 N–H and O–H groups in total. The smallest absolute Gasteiger partial charge is 0.303 e. The van der Waals surface area contributed by atoms with E-state index in [1.165, 1.54) is 11.8 Å². The molecule has 3 rings (SSSR count). The summed E-state index contributed by atoms with van der Waals surface area (Å²) < 4.78 is 10.2. The highest BCUT2D eigenvalue weighted by molar-refractivity contribution is 6.05. The van der Waals surface area contributed by atoms with Crippen LogP contribution < -0.4 is 9.64 Å². The van der Waals surface area contributed by atoms with Gasteiger partial charge in [-0.05, 0) is 30.3 Å². The molecule has 2 aromatic rings. The Morgan fingerprint density at radius 1 is 1.17 bits per heavy atom. The number of carbonyl (C=O) groups excluding carboxylic acids is 2. The van der Waals surface area contributed by atoms with Crippen LogP contribution in [0.3, 0.4) is 0 Å². The normalized spacial score (nSPS) is 19.9. The molecule has 7 heteroatoms. The Labute approximate surface area is 132 Å². The maximum Gasteiger partial charge on any atom is 0.303 e. The van der Waals surface area contributed by atoms with E-state index in [0.29, 0.717) is 17.3 Å². The Balaban J connectivity index is 1.94. The summed E-state index contributed by atoms with van der Waals surface area (Å²) in [5, 5.41) is 0. The van der Waals surface area contributed by atoms with Crippen molar-refractivity contribution >= 4 is 17.6 Å². The van der Waals surface area contributed by atoms with Gasteiger partial charge in [0, 0.05) is 25.0 Å². The molecule has 0 bridgehead atoms. The van der Waals surface area contributed by atoms with Crippen molar-refractivity contribution < 1.29 is 19.1 Å². The Morgan fingerprint density at radius 2 is 1.83 bits per heavy atom. The lowest BCUT2D eigenvalue weighted by Gasteiger charge is -2.44. The lowest BCUT2D eigenvalue weighted by atomic mass is 9.95. The van der Waals surface area contributed by atoms with E-state index < -0.39 is 18.1 Å². The van der Waals surface area contributed by atoms with E-state index in [4.69, 9.17) is 9.47 Å². The van der Waals surface area contributed by atoms with Gasteiger partial charge in [0.15, 0.2) is 5.82 Å². The van der Waals surface area contributed by atoms with E-state index in [0.717, 1.165) is 0 Å². The Kier molecular flexibility index (Phi) is 3.92. The summed E-state index contributed by atoms with van der Waals surface area (Å²) in [7, 11) is 1.57. The minimum absolute atomic E-state index is 0.303. The second-order valence-corrected chi connectivity index (χ2v) is 4.99. The zero-order valence-electron chi connectivity index (χ0n) is 12.7. The van der Waals surface area contributed by atoms with Gasteiger partial charge in [0.1, 0.15) is 11.8 Å². The monoisotopic (exact) mass is 313 g/mol. The molecule has 1 aromatic carbocycles. The molecule has 7 nitrogen and oxygen atoms in total. The van der Waals surface area contributed by atoms with Crippen molar-refractivity contribution in [2.24, 2.45) is 0 Å². The van der Waals surface area contributed by atoms with Gasteiger partial charge in [-0.25, -0.2) is 9.97 Å². The number of nitrogens with zero attached hydrogens (tertiary/aromatic N) is 3. The van der Waals surface area contributed by atoms with Gasteiger partial charge in [-0.3, -0.25) is 14.5 Å². The molecule has 1 saturated heterocycles. The van der Waals surface area contributed by atoms with Crippen LogP contribution in [0.2, 0.25) is 0 Å². The van der Waals surface area contributed by atoms with Crippen LogP contribution in [0.15, 0.2) is 42.7 Å². The van der Waals surface area contributed by atoms with Gasteiger partial charge in [-0.2, -0.15) is 0 Å². The third kappa shape index (κ3) is 2.73. The van der Waals surface area contributed by atoms with Crippen molar-refractivity contribution in [2.45, 2.75) is 19.1 Å². The number of amides is 1. The van der Waals surface area contributed by atoms with Crippen LogP contribution in [-0.2, 0) is 14.3 Å². The predicted octanol–water partition coefficient (Wildman–Crippen LogP) is 1.50. The Hall–Kier alpha value is -2.96. The molecular formula is C16H15N3O4. The van der Waals surface area contributed by atoms with Crippen LogP contribution in [0.1, 0.15) is 18.8 Å². The molecule has 1 amide bonds. The van der Waals surface area contributed by atoms with E-state index >= 15 is 0 Å². The second kappa shape index (κ2) is 6.04. The summed E-state index contributed by atoms with van der Waals surface area (Å²) in [5.74, 6) is 0.293. The molecule has 1 fully saturated rings. The first kappa shape index (κ1) is 15.0. The third-order valence-corrected chi connectivity index (χ3v) is 3.54. The largest absolute Gasteiger partial charge is 0.497 e. The number of carbonyl (C=O) groups is 2. The van der Waals surface area contributed by atoms with E-state index in [2.05, 4.69) is 9.97 Å². The zero-order valence-corrected chi connectivity index (χ0v) is 12.7. The maximum absolute atomic E-state index is 12.4. The number of β-lactam (4-membered cyclic amide) rings is 1. The summed E-state index contributed by atoms with van der Waals surface area (Å²) in [6.45, 7) is 1.27. The average molecular weight is 313 g/mol.